The van der Waals surface area contributed by atoms with Crippen molar-refractivity contribution in [3.63, 3.8) is 0 Å². The molecule has 0 bridgehead atoms. The second-order valence-electron chi connectivity index (χ2n) is 6.64. The first-order valence-corrected chi connectivity index (χ1v) is 9.51. The number of carbonyl (C=O) groups excluding carboxylic acids is 2. The number of furan rings is 1. The summed E-state index contributed by atoms with van der Waals surface area (Å²) in [6.45, 7) is 0.950. The highest BCUT2D eigenvalue weighted by Gasteiger charge is 2.36. The van der Waals surface area contributed by atoms with Crippen LogP contribution in [0.5, 0.6) is 0 Å². The molecule has 140 valence electrons. The lowest BCUT2D eigenvalue weighted by atomic mass is 9.86. The Morgan fingerprint density at radius 1 is 1.19 bits per heavy atom. The molecule has 4 rings (SSSR count). The lowest BCUT2D eigenvalue weighted by Gasteiger charge is -2.36. The first-order valence-electron chi connectivity index (χ1n) is 8.69. The second kappa shape index (κ2) is 7.13. The van der Waals surface area contributed by atoms with E-state index in [0.29, 0.717) is 36.8 Å². The molecule has 1 aliphatic rings. The topological polar surface area (TPSA) is 107 Å². The van der Waals surface area contributed by atoms with Gasteiger partial charge in [0, 0.05) is 19.6 Å². The van der Waals surface area contributed by atoms with Crippen molar-refractivity contribution < 1.29 is 18.7 Å². The number of hydrogen-bond acceptors (Lipinski definition) is 6. The average Bonchev–Trinajstić information content (AvgIpc) is 3.28. The Labute approximate surface area is 159 Å². The molecule has 3 N–H and O–H groups in total. The number of nitrogens with two attached hydrogens (primary N) is 1. The maximum absolute atomic E-state index is 12.7. The minimum Gasteiger partial charge on any atom is -0.448 e. The summed E-state index contributed by atoms with van der Waals surface area (Å²) in [5, 5.41) is 3.66. The number of rotatable bonds is 5. The molecule has 1 fully saturated rings. The predicted molar refractivity (Wildman–Crippen MR) is 101 cm³/mol. The first kappa shape index (κ1) is 17.7. The Morgan fingerprint density at radius 3 is 2.70 bits per heavy atom. The highest BCUT2D eigenvalue weighted by atomic mass is 32.1. The molecule has 3 heterocycles. The number of fused-ring (bicyclic) bond motifs is 1. The fourth-order valence-electron chi connectivity index (χ4n) is 3.30. The molecule has 1 saturated heterocycles. The van der Waals surface area contributed by atoms with Crippen LogP contribution in [0.1, 0.15) is 29.8 Å². The Bertz CT molecular complexity index is 955. The fraction of sp³-hybridized carbons (Fsp3) is 0.316. The molecule has 7 nitrogen and oxygen atoms in total. The molecule has 0 unspecified atom stereocenters. The van der Waals surface area contributed by atoms with Crippen LogP contribution in [0, 0.1) is 0 Å². The number of para-hydroxylation sites is 1. The molecule has 2 aromatic heterocycles. The minimum atomic E-state index is -0.690. The van der Waals surface area contributed by atoms with Gasteiger partial charge in [-0.05, 0) is 37.1 Å². The fourth-order valence-corrected chi connectivity index (χ4v) is 4.22. The molecule has 1 aliphatic heterocycles. The van der Waals surface area contributed by atoms with Crippen LogP contribution < -0.4 is 11.1 Å². The van der Waals surface area contributed by atoms with E-state index in [0.717, 1.165) is 10.2 Å². The van der Waals surface area contributed by atoms with Crippen molar-refractivity contribution in [2.75, 3.05) is 13.2 Å². The van der Waals surface area contributed by atoms with Crippen LogP contribution in [-0.4, -0.2) is 35.6 Å². The van der Waals surface area contributed by atoms with Crippen molar-refractivity contribution in [2.24, 2.45) is 5.73 Å². The van der Waals surface area contributed by atoms with Crippen LogP contribution in [-0.2, 0) is 9.53 Å². The summed E-state index contributed by atoms with van der Waals surface area (Å²) < 4.78 is 12.1. The van der Waals surface area contributed by atoms with E-state index in [4.69, 9.17) is 14.9 Å². The van der Waals surface area contributed by atoms with Crippen LogP contribution in [0.2, 0.25) is 0 Å². The van der Waals surface area contributed by atoms with Gasteiger partial charge in [0.1, 0.15) is 0 Å². The Morgan fingerprint density at radius 2 is 1.96 bits per heavy atom. The molecule has 0 aliphatic carbocycles. The summed E-state index contributed by atoms with van der Waals surface area (Å²) in [5.74, 6) is -0.103. The van der Waals surface area contributed by atoms with Crippen LogP contribution >= 0.6 is 11.3 Å². The van der Waals surface area contributed by atoms with E-state index in [1.165, 1.54) is 11.3 Å². The van der Waals surface area contributed by atoms with Crippen LogP contribution in [0.15, 0.2) is 40.8 Å². The van der Waals surface area contributed by atoms with Gasteiger partial charge in [-0.15, -0.1) is 11.3 Å². The number of amides is 2. The first-order chi connectivity index (χ1) is 13.0. The number of hydrogen-bond donors (Lipinski definition) is 2. The summed E-state index contributed by atoms with van der Waals surface area (Å²) in [5.41, 5.74) is 5.58. The number of ether oxygens (including phenoxy) is 1. The van der Waals surface area contributed by atoms with E-state index in [-0.39, 0.29) is 18.1 Å². The molecule has 0 spiro atoms. The number of nitrogens with one attached hydrogen (secondary N) is 1. The van der Waals surface area contributed by atoms with Gasteiger partial charge < -0.3 is 20.2 Å². The molecule has 3 aromatic rings. The number of carbonyl (C=O) groups is 2. The Kier molecular flexibility index (Phi) is 4.67. The lowest BCUT2D eigenvalue weighted by molar-refractivity contribution is -0.120. The molecule has 1 aromatic carbocycles. The van der Waals surface area contributed by atoms with E-state index < -0.39 is 11.4 Å². The SMILES string of the molecule is NC(=O)CC1(NC(=O)c2ccc(-c3nc4ccccc4s3)o2)CCOCC1. The van der Waals surface area contributed by atoms with Crippen LogP contribution in [0.25, 0.3) is 21.0 Å². The van der Waals surface area contributed by atoms with Crippen molar-refractivity contribution in [1.29, 1.82) is 0 Å². The number of nitrogens with zero attached hydrogens (tertiary/aromatic N) is 1. The highest BCUT2D eigenvalue weighted by Crippen LogP contribution is 2.31. The van der Waals surface area contributed by atoms with Gasteiger partial charge in [-0.1, -0.05) is 12.1 Å². The molecular weight excluding hydrogens is 366 g/mol. The van der Waals surface area contributed by atoms with E-state index in [2.05, 4.69) is 10.3 Å². The normalized spacial score (nSPS) is 16.3. The van der Waals surface area contributed by atoms with Gasteiger partial charge >= 0.3 is 0 Å². The summed E-state index contributed by atoms with van der Waals surface area (Å²) >= 11 is 1.50. The molecule has 8 heteroatoms. The van der Waals surface area contributed by atoms with Gasteiger partial charge in [-0.25, -0.2) is 4.98 Å². The minimum absolute atomic E-state index is 0.0769. The standard InChI is InChI=1S/C19H19N3O4S/c20-16(23)11-19(7-9-25-10-8-19)22-17(24)13-5-6-14(26-13)18-21-12-3-1-2-4-15(12)27-18/h1-6H,7-11H2,(H2,20,23)(H,22,24). The van der Waals surface area contributed by atoms with Crippen molar-refractivity contribution in [3.8, 4) is 10.8 Å². The molecule has 0 atom stereocenters. The zero-order chi connectivity index (χ0) is 18.9. The van der Waals surface area contributed by atoms with Gasteiger partial charge in [0.15, 0.2) is 16.5 Å². The second-order valence-corrected chi connectivity index (χ2v) is 7.67. The monoisotopic (exact) mass is 385 g/mol. The number of thiazole rings is 1. The average molecular weight is 385 g/mol. The van der Waals surface area contributed by atoms with Gasteiger partial charge in [0.25, 0.3) is 5.91 Å². The van der Waals surface area contributed by atoms with Crippen molar-refractivity contribution >= 4 is 33.4 Å². The number of primary amides is 1. The third-order valence-electron chi connectivity index (χ3n) is 4.68. The van der Waals surface area contributed by atoms with Gasteiger partial charge in [0.05, 0.1) is 15.8 Å². The summed E-state index contributed by atoms with van der Waals surface area (Å²) in [6.07, 6.45) is 1.15. The third kappa shape index (κ3) is 3.72. The van der Waals surface area contributed by atoms with Crippen molar-refractivity contribution in [3.05, 3.63) is 42.2 Å². The van der Waals surface area contributed by atoms with E-state index in [9.17, 15) is 9.59 Å². The quantitative estimate of drug-likeness (QED) is 0.702. The van der Waals surface area contributed by atoms with Crippen molar-refractivity contribution in [1.82, 2.24) is 10.3 Å². The third-order valence-corrected chi connectivity index (χ3v) is 5.73. The smallest absolute Gasteiger partial charge is 0.287 e. The number of benzene rings is 1. The van der Waals surface area contributed by atoms with E-state index in [1.54, 1.807) is 12.1 Å². The largest absolute Gasteiger partial charge is 0.448 e. The zero-order valence-corrected chi connectivity index (χ0v) is 15.4. The maximum Gasteiger partial charge on any atom is 0.287 e. The van der Waals surface area contributed by atoms with Crippen molar-refractivity contribution in [2.45, 2.75) is 24.8 Å². The van der Waals surface area contributed by atoms with Gasteiger partial charge in [-0.3, -0.25) is 9.59 Å². The molecule has 27 heavy (non-hydrogen) atoms. The predicted octanol–water partition coefficient (Wildman–Crippen LogP) is 2.71. The summed E-state index contributed by atoms with van der Waals surface area (Å²) in [6, 6.07) is 11.2. The zero-order valence-electron chi connectivity index (χ0n) is 14.6. The van der Waals surface area contributed by atoms with Crippen LogP contribution in [0.3, 0.4) is 0 Å². The Hall–Kier alpha value is -2.71. The molecule has 2 amide bonds. The van der Waals surface area contributed by atoms with Crippen LogP contribution in [0.4, 0.5) is 0 Å². The maximum atomic E-state index is 12.7. The number of aromatic nitrogens is 1. The van der Waals surface area contributed by atoms with E-state index >= 15 is 0 Å². The van der Waals surface area contributed by atoms with Gasteiger partial charge in [0.2, 0.25) is 5.91 Å². The van der Waals surface area contributed by atoms with E-state index in [1.807, 2.05) is 24.3 Å². The summed E-state index contributed by atoms with van der Waals surface area (Å²) in [7, 11) is 0. The van der Waals surface area contributed by atoms with Gasteiger partial charge in [-0.2, -0.15) is 0 Å². The molecule has 0 saturated carbocycles. The molecule has 0 radical (unpaired) electrons. The Balaban J connectivity index is 1.55. The lowest BCUT2D eigenvalue weighted by Crippen LogP contribution is -2.53. The summed E-state index contributed by atoms with van der Waals surface area (Å²) in [4.78, 5) is 28.7. The molecular formula is C19H19N3O4S. The highest BCUT2D eigenvalue weighted by molar-refractivity contribution is 7.21.